The third-order valence-corrected chi connectivity index (χ3v) is 3.81. The van der Waals surface area contributed by atoms with Crippen molar-refractivity contribution in [2.24, 2.45) is 0 Å². The summed E-state index contributed by atoms with van der Waals surface area (Å²) in [5.41, 5.74) is 8.77. The first-order valence-corrected chi connectivity index (χ1v) is 7.31. The molecular weight excluding hydrogens is 284 g/mol. The van der Waals surface area contributed by atoms with Gasteiger partial charge in [-0.25, -0.2) is 0 Å². The number of ether oxygens (including phenoxy) is 1. The molecule has 2 aromatic carbocycles. The molecule has 0 atom stereocenters. The van der Waals surface area contributed by atoms with Gasteiger partial charge in [-0.2, -0.15) is 0 Å². The number of hydrogen-bond acceptors (Lipinski definition) is 2. The van der Waals surface area contributed by atoms with E-state index in [1.165, 1.54) is 10.9 Å². The molecule has 0 spiro atoms. The summed E-state index contributed by atoms with van der Waals surface area (Å²) in [7, 11) is 0. The third-order valence-electron chi connectivity index (χ3n) is 3.47. The summed E-state index contributed by atoms with van der Waals surface area (Å²) in [6.07, 6.45) is 2.07. The smallest absolute Gasteiger partial charge is 0.120 e. The summed E-state index contributed by atoms with van der Waals surface area (Å²) in [5, 5.41) is 1.76. The average molecular weight is 301 g/mol. The fourth-order valence-corrected chi connectivity index (χ4v) is 2.58. The van der Waals surface area contributed by atoms with E-state index in [4.69, 9.17) is 22.1 Å². The molecule has 3 nitrogen and oxygen atoms in total. The average Bonchev–Trinajstić information content (AvgIpc) is 2.86. The molecular formula is C17H17ClN2O. The van der Waals surface area contributed by atoms with Crippen LogP contribution < -0.4 is 10.5 Å². The molecule has 3 rings (SSSR count). The van der Waals surface area contributed by atoms with Crippen molar-refractivity contribution >= 4 is 28.2 Å². The van der Waals surface area contributed by atoms with Crippen LogP contribution in [0.3, 0.4) is 0 Å². The van der Waals surface area contributed by atoms with Gasteiger partial charge in [0, 0.05) is 23.6 Å². The highest BCUT2D eigenvalue weighted by Gasteiger charge is 2.05. The number of hydrogen-bond donors (Lipinski definition) is 1. The Bertz CT molecular complexity index is 780. The minimum Gasteiger partial charge on any atom is -0.494 e. The molecule has 21 heavy (non-hydrogen) atoms. The molecule has 0 bridgehead atoms. The van der Waals surface area contributed by atoms with Crippen LogP contribution in [0.2, 0.25) is 5.02 Å². The maximum absolute atomic E-state index is 5.96. The van der Waals surface area contributed by atoms with E-state index in [-0.39, 0.29) is 0 Å². The molecule has 0 saturated heterocycles. The second-order valence-electron chi connectivity index (χ2n) is 4.95. The zero-order valence-electron chi connectivity index (χ0n) is 11.8. The Morgan fingerprint density at radius 3 is 2.76 bits per heavy atom. The van der Waals surface area contributed by atoms with Crippen LogP contribution in [-0.4, -0.2) is 11.2 Å². The Morgan fingerprint density at radius 2 is 2.00 bits per heavy atom. The number of aromatic nitrogens is 1. The van der Waals surface area contributed by atoms with Gasteiger partial charge in [0.1, 0.15) is 5.75 Å². The summed E-state index contributed by atoms with van der Waals surface area (Å²) in [5.74, 6) is 0.901. The van der Waals surface area contributed by atoms with E-state index in [1.54, 1.807) is 0 Å². The van der Waals surface area contributed by atoms with Crippen LogP contribution in [0.1, 0.15) is 12.5 Å². The van der Waals surface area contributed by atoms with E-state index in [1.807, 2.05) is 31.2 Å². The Hall–Kier alpha value is -2.13. The van der Waals surface area contributed by atoms with E-state index < -0.39 is 0 Å². The second-order valence-corrected chi connectivity index (χ2v) is 5.36. The lowest BCUT2D eigenvalue weighted by Crippen LogP contribution is -1.99. The molecule has 108 valence electrons. The van der Waals surface area contributed by atoms with Crippen molar-refractivity contribution in [3.63, 3.8) is 0 Å². The molecule has 0 saturated carbocycles. The molecule has 1 aromatic heterocycles. The van der Waals surface area contributed by atoms with Crippen LogP contribution in [-0.2, 0) is 6.54 Å². The van der Waals surface area contributed by atoms with Crippen molar-refractivity contribution < 1.29 is 4.74 Å². The molecule has 0 aliphatic carbocycles. The normalized spacial score (nSPS) is 11.0. The predicted octanol–water partition coefficient (Wildman–Crippen LogP) is 4.32. The van der Waals surface area contributed by atoms with Crippen molar-refractivity contribution in [2.45, 2.75) is 13.5 Å². The summed E-state index contributed by atoms with van der Waals surface area (Å²) in [6.45, 7) is 3.43. The summed E-state index contributed by atoms with van der Waals surface area (Å²) < 4.78 is 7.72. The lowest BCUT2D eigenvalue weighted by Gasteiger charge is -2.08. The minimum atomic E-state index is 0.595. The Morgan fingerprint density at radius 1 is 1.14 bits per heavy atom. The van der Waals surface area contributed by atoms with Crippen molar-refractivity contribution in [1.82, 2.24) is 4.57 Å². The van der Waals surface area contributed by atoms with E-state index in [0.717, 1.165) is 17.9 Å². The Kier molecular flexibility index (Phi) is 3.76. The van der Waals surface area contributed by atoms with Gasteiger partial charge < -0.3 is 15.0 Å². The Balaban J connectivity index is 1.91. The van der Waals surface area contributed by atoms with E-state index in [9.17, 15) is 0 Å². The highest BCUT2D eigenvalue weighted by atomic mass is 35.5. The fourth-order valence-electron chi connectivity index (χ4n) is 2.46. The van der Waals surface area contributed by atoms with Gasteiger partial charge >= 0.3 is 0 Å². The van der Waals surface area contributed by atoms with Gasteiger partial charge in [-0.3, -0.25) is 0 Å². The first kappa shape index (κ1) is 13.8. The molecule has 0 aliphatic rings. The molecule has 0 amide bonds. The van der Waals surface area contributed by atoms with Gasteiger partial charge in [-0.1, -0.05) is 17.7 Å². The number of nitrogens with zero attached hydrogens (tertiary/aromatic N) is 1. The number of fused-ring (bicyclic) bond motifs is 1. The minimum absolute atomic E-state index is 0.595. The van der Waals surface area contributed by atoms with Crippen LogP contribution in [0.5, 0.6) is 5.75 Å². The SMILES string of the molecule is CCOc1ccc2c(ccn2Cc2ccc(Cl)c(N)c2)c1. The number of anilines is 1. The molecule has 0 fully saturated rings. The summed E-state index contributed by atoms with van der Waals surface area (Å²) >= 11 is 5.96. The van der Waals surface area contributed by atoms with Crippen LogP contribution in [0.4, 0.5) is 5.69 Å². The fraction of sp³-hybridized carbons (Fsp3) is 0.176. The van der Waals surface area contributed by atoms with Crippen LogP contribution >= 0.6 is 11.6 Å². The quantitative estimate of drug-likeness (QED) is 0.729. The number of nitrogen functional groups attached to an aromatic ring is 1. The van der Waals surface area contributed by atoms with E-state index in [2.05, 4.69) is 29.0 Å². The van der Waals surface area contributed by atoms with Crippen molar-refractivity contribution in [1.29, 1.82) is 0 Å². The maximum Gasteiger partial charge on any atom is 0.120 e. The summed E-state index contributed by atoms with van der Waals surface area (Å²) in [6, 6.07) is 14.0. The summed E-state index contributed by atoms with van der Waals surface area (Å²) in [4.78, 5) is 0. The number of nitrogens with two attached hydrogens (primary N) is 1. The lowest BCUT2D eigenvalue weighted by atomic mass is 10.2. The number of benzene rings is 2. The van der Waals surface area contributed by atoms with Crippen molar-refractivity contribution in [2.75, 3.05) is 12.3 Å². The van der Waals surface area contributed by atoms with Gasteiger partial charge in [0.2, 0.25) is 0 Å². The van der Waals surface area contributed by atoms with Gasteiger partial charge in [0.05, 0.1) is 17.3 Å². The third kappa shape index (κ3) is 2.83. The molecule has 3 aromatic rings. The monoisotopic (exact) mass is 300 g/mol. The Labute approximate surface area is 128 Å². The first-order chi connectivity index (χ1) is 10.2. The zero-order chi connectivity index (χ0) is 14.8. The molecule has 0 unspecified atom stereocenters. The topological polar surface area (TPSA) is 40.2 Å². The lowest BCUT2D eigenvalue weighted by molar-refractivity contribution is 0.340. The highest BCUT2D eigenvalue weighted by molar-refractivity contribution is 6.33. The molecule has 0 radical (unpaired) electrons. The second kappa shape index (κ2) is 5.70. The standard InChI is InChI=1S/C17H17ClN2O/c1-2-21-14-4-6-17-13(10-14)7-8-20(17)11-12-3-5-15(18)16(19)9-12/h3-10H,2,11,19H2,1H3. The molecule has 1 heterocycles. The van der Waals surface area contributed by atoms with Gasteiger partial charge in [-0.05, 0) is 48.9 Å². The van der Waals surface area contributed by atoms with Gasteiger partial charge in [0.15, 0.2) is 0 Å². The van der Waals surface area contributed by atoms with Gasteiger partial charge in [-0.15, -0.1) is 0 Å². The predicted molar refractivity (Wildman–Crippen MR) is 88.1 cm³/mol. The first-order valence-electron chi connectivity index (χ1n) is 6.93. The maximum atomic E-state index is 5.96. The zero-order valence-corrected chi connectivity index (χ0v) is 12.6. The molecule has 2 N–H and O–H groups in total. The number of halogens is 1. The van der Waals surface area contributed by atoms with Gasteiger partial charge in [0.25, 0.3) is 0 Å². The van der Waals surface area contributed by atoms with Crippen LogP contribution in [0.15, 0.2) is 48.7 Å². The largest absolute Gasteiger partial charge is 0.494 e. The van der Waals surface area contributed by atoms with E-state index in [0.29, 0.717) is 17.3 Å². The van der Waals surface area contributed by atoms with Crippen LogP contribution in [0, 0.1) is 0 Å². The van der Waals surface area contributed by atoms with E-state index >= 15 is 0 Å². The van der Waals surface area contributed by atoms with Crippen molar-refractivity contribution in [3.8, 4) is 5.75 Å². The highest BCUT2D eigenvalue weighted by Crippen LogP contribution is 2.24. The van der Waals surface area contributed by atoms with Crippen LogP contribution in [0.25, 0.3) is 10.9 Å². The molecule has 4 heteroatoms. The molecule has 0 aliphatic heterocycles. The van der Waals surface area contributed by atoms with Crippen molar-refractivity contribution in [3.05, 3.63) is 59.2 Å². The number of rotatable bonds is 4.